The van der Waals surface area contributed by atoms with Gasteiger partial charge in [0.15, 0.2) is 0 Å². The minimum atomic E-state index is -0.128. The van der Waals surface area contributed by atoms with E-state index in [1.54, 1.807) is 16.2 Å². The van der Waals surface area contributed by atoms with E-state index in [1.165, 1.54) is 0 Å². The number of benzene rings is 2. The van der Waals surface area contributed by atoms with E-state index >= 15 is 0 Å². The second-order valence-electron chi connectivity index (χ2n) is 7.17. The highest BCUT2D eigenvalue weighted by atomic mass is 16.5. The van der Waals surface area contributed by atoms with Gasteiger partial charge < -0.3 is 14.5 Å². The molecule has 2 aromatic carbocycles. The zero-order chi connectivity index (χ0) is 20.4. The monoisotopic (exact) mass is 394 g/mol. The Hall–Kier alpha value is -3.22. The molecule has 1 aliphatic heterocycles. The summed E-state index contributed by atoms with van der Waals surface area (Å²) in [6.45, 7) is 5.38. The summed E-state index contributed by atoms with van der Waals surface area (Å²) in [6.07, 6.45) is 0. The van der Waals surface area contributed by atoms with E-state index in [-0.39, 0.29) is 18.1 Å². The smallest absolute Gasteiger partial charge is 0.329 e. The lowest BCUT2D eigenvalue weighted by Gasteiger charge is -2.36. The third kappa shape index (κ3) is 3.60. The number of imidazole rings is 1. The number of carbonyl (C=O) groups excluding carboxylic acids is 1. The van der Waals surface area contributed by atoms with Crippen LogP contribution in [-0.4, -0.2) is 53.2 Å². The number of aromatic nitrogens is 2. The van der Waals surface area contributed by atoms with Gasteiger partial charge in [0, 0.05) is 44.5 Å². The minimum Gasteiger partial charge on any atom is -0.497 e. The number of fused-ring (bicyclic) bond motifs is 1. The molecule has 1 amide bonds. The van der Waals surface area contributed by atoms with Crippen LogP contribution in [0.25, 0.3) is 11.0 Å². The third-order valence-corrected chi connectivity index (χ3v) is 5.59. The normalized spacial score (nSPS) is 14.4. The number of aryl methyl sites for hydroxylation is 1. The number of anilines is 1. The lowest BCUT2D eigenvalue weighted by atomic mass is 10.2. The second kappa shape index (κ2) is 8.03. The van der Waals surface area contributed by atoms with Crippen LogP contribution in [0.1, 0.15) is 6.92 Å². The van der Waals surface area contributed by atoms with Gasteiger partial charge in [-0.25, -0.2) is 4.79 Å². The van der Waals surface area contributed by atoms with E-state index in [0.717, 1.165) is 35.6 Å². The third-order valence-electron chi connectivity index (χ3n) is 5.59. The number of nitrogens with zero attached hydrogens (tertiary/aromatic N) is 4. The Morgan fingerprint density at radius 1 is 0.966 bits per heavy atom. The molecule has 3 aromatic rings. The van der Waals surface area contributed by atoms with Crippen molar-refractivity contribution in [1.82, 2.24) is 14.0 Å². The summed E-state index contributed by atoms with van der Waals surface area (Å²) in [5.41, 5.74) is 2.65. The van der Waals surface area contributed by atoms with Crippen LogP contribution >= 0.6 is 0 Å². The maximum absolute atomic E-state index is 12.9. The molecule has 1 saturated heterocycles. The van der Waals surface area contributed by atoms with Crippen LogP contribution in [0.5, 0.6) is 5.75 Å². The topological polar surface area (TPSA) is 59.7 Å². The summed E-state index contributed by atoms with van der Waals surface area (Å²) in [5.74, 6) is 0.809. The second-order valence-corrected chi connectivity index (χ2v) is 7.17. The fraction of sp³-hybridized carbons (Fsp3) is 0.364. The van der Waals surface area contributed by atoms with Crippen molar-refractivity contribution in [2.75, 3.05) is 38.2 Å². The maximum Gasteiger partial charge on any atom is 0.329 e. The number of hydrogen-bond acceptors (Lipinski definition) is 4. The zero-order valence-corrected chi connectivity index (χ0v) is 16.9. The van der Waals surface area contributed by atoms with E-state index in [4.69, 9.17) is 4.74 Å². The average molecular weight is 394 g/mol. The Morgan fingerprint density at radius 2 is 1.66 bits per heavy atom. The zero-order valence-electron chi connectivity index (χ0n) is 16.9. The van der Waals surface area contributed by atoms with Crippen LogP contribution < -0.4 is 15.3 Å². The SMILES string of the molecule is CCn1c(=O)n(CC(=O)N2CCN(c3cccc(OC)c3)CC2)c2ccccc21. The van der Waals surface area contributed by atoms with E-state index in [2.05, 4.69) is 11.0 Å². The first-order chi connectivity index (χ1) is 14.1. The molecule has 7 heteroatoms. The van der Waals surface area contributed by atoms with Gasteiger partial charge in [-0.05, 0) is 31.2 Å². The van der Waals surface area contributed by atoms with Gasteiger partial charge in [-0.2, -0.15) is 0 Å². The molecular formula is C22H26N4O3. The quantitative estimate of drug-likeness (QED) is 0.666. The molecule has 4 rings (SSSR count). The lowest BCUT2D eigenvalue weighted by Crippen LogP contribution is -2.50. The predicted octanol–water partition coefficient (Wildman–Crippen LogP) is 2.18. The Morgan fingerprint density at radius 3 is 2.31 bits per heavy atom. The molecule has 2 heterocycles. The van der Waals surface area contributed by atoms with E-state index in [9.17, 15) is 9.59 Å². The van der Waals surface area contributed by atoms with E-state index in [0.29, 0.717) is 19.6 Å². The number of hydrogen-bond donors (Lipinski definition) is 0. The standard InChI is InChI=1S/C22H26N4O3/c1-3-25-19-9-4-5-10-20(19)26(22(25)28)16-21(27)24-13-11-23(12-14-24)17-7-6-8-18(15-17)29-2/h4-10,15H,3,11-14,16H2,1-2H3. The number of ether oxygens (including phenoxy) is 1. The fourth-order valence-electron chi connectivity index (χ4n) is 3.99. The Balaban J connectivity index is 1.46. The van der Waals surface area contributed by atoms with Gasteiger partial charge in [0.2, 0.25) is 5.91 Å². The Bertz CT molecular complexity index is 1080. The average Bonchev–Trinajstić information content (AvgIpc) is 3.04. The van der Waals surface area contributed by atoms with Crippen molar-refractivity contribution in [3.05, 3.63) is 59.0 Å². The largest absolute Gasteiger partial charge is 0.497 e. The van der Waals surface area contributed by atoms with Crippen LogP contribution in [0, 0.1) is 0 Å². The van der Waals surface area contributed by atoms with E-state index in [1.807, 2.05) is 54.3 Å². The number of para-hydroxylation sites is 2. The molecule has 1 aromatic heterocycles. The van der Waals surface area contributed by atoms with Gasteiger partial charge in [0.05, 0.1) is 18.1 Å². The predicted molar refractivity (Wildman–Crippen MR) is 114 cm³/mol. The van der Waals surface area contributed by atoms with Gasteiger partial charge >= 0.3 is 5.69 Å². The summed E-state index contributed by atoms with van der Waals surface area (Å²) in [6, 6.07) is 15.6. The minimum absolute atomic E-state index is 0.0172. The maximum atomic E-state index is 12.9. The number of amides is 1. The summed E-state index contributed by atoms with van der Waals surface area (Å²) >= 11 is 0. The molecular weight excluding hydrogens is 368 g/mol. The molecule has 0 radical (unpaired) electrons. The van der Waals surface area contributed by atoms with Crippen LogP contribution in [0.2, 0.25) is 0 Å². The van der Waals surface area contributed by atoms with Crippen LogP contribution in [-0.2, 0) is 17.9 Å². The van der Waals surface area contributed by atoms with Gasteiger partial charge in [0.1, 0.15) is 12.3 Å². The molecule has 0 bridgehead atoms. The van der Waals surface area contributed by atoms with Crippen molar-refractivity contribution in [1.29, 1.82) is 0 Å². The number of carbonyl (C=O) groups is 1. The highest BCUT2D eigenvalue weighted by Crippen LogP contribution is 2.22. The van der Waals surface area contributed by atoms with Crippen LogP contribution in [0.4, 0.5) is 5.69 Å². The summed E-state index contributed by atoms with van der Waals surface area (Å²) < 4.78 is 8.61. The van der Waals surface area contributed by atoms with Crippen molar-refractivity contribution >= 4 is 22.6 Å². The molecule has 0 saturated carbocycles. The van der Waals surface area contributed by atoms with Crippen molar-refractivity contribution < 1.29 is 9.53 Å². The number of piperazine rings is 1. The molecule has 7 nitrogen and oxygen atoms in total. The first-order valence-electron chi connectivity index (χ1n) is 9.97. The lowest BCUT2D eigenvalue weighted by molar-refractivity contribution is -0.132. The molecule has 1 fully saturated rings. The molecule has 0 unspecified atom stereocenters. The van der Waals surface area contributed by atoms with Crippen molar-refractivity contribution in [3.63, 3.8) is 0 Å². The first kappa shape index (κ1) is 19.1. The fourth-order valence-corrected chi connectivity index (χ4v) is 3.99. The van der Waals surface area contributed by atoms with Gasteiger partial charge in [-0.3, -0.25) is 13.9 Å². The molecule has 1 aliphatic rings. The molecule has 0 atom stereocenters. The van der Waals surface area contributed by atoms with Crippen molar-refractivity contribution in [2.24, 2.45) is 0 Å². The number of rotatable bonds is 5. The van der Waals surface area contributed by atoms with Crippen molar-refractivity contribution in [2.45, 2.75) is 20.0 Å². The van der Waals surface area contributed by atoms with Gasteiger partial charge in [-0.15, -0.1) is 0 Å². The molecule has 0 spiro atoms. The molecule has 0 N–H and O–H groups in total. The summed E-state index contributed by atoms with van der Waals surface area (Å²) in [5, 5.41) is 0. The van der Waals surface area contributed by atoms with Crippen LogP contribution in [0.3, 0.4) is 0 Å². The van der Waals surface area contributed by atoms with Gasteiger partial charge in [-0.1, -0.05) is 18.2 Å². The van der Waals surface area contributed by atoms with Crippen LogP contribution in [0.15, 0.2) is 53.3 Å². The van der Waals surface area contributed by atoms with Crippen molar-refractivity contribution in [3.8, 4) is 5.75 Å². The highest BCUT2D eigenvalue weighted by Gasteiger charge is 2.23. The summed E-state index contributed by atoms with van der Waals surface area (Å²) in [7, 11) is 1.66. The first-order valence-corrected chi connectivity index (χ1v) is 9.97. The molecule has 29 heavy (non-hydrogen) atoms. The Kier molecular flexibility index (Phi) is 5.29. The van der Waals surface area contributed by atoms with Gasteiger partial charge in [0.25, 0.3) is 0 Å². The highest BCUT2D eigenvalue weighted by molar-refractivity contribution is 5.81. The summed E-state index contributed by atoms with van der Waals surface area (Å²) in [4.78, 5) is 29.8. The molecule has 0 aliphatic carbocycles. The number of methoxy groups -OCH3 is 1. The Labute approximate surface area is 169 Å². The molecule has 152 valence electrons. The van der Waals surface area contributed by atoms with E-state index < -0.39 is 0 Å².